The number of benzene rings is 1. The number of nitriles is 1. The lowest BCUT2D eigenvalue weighted by Gasteiger charge is -2.05. The van der Waals surface area contributed by atoms with Gasteiger partial charge in [-0.05, 0) is 6.92 Å². The van der Waals surface area contributed by atoms with Gasteiger partial charge in [0.25, 0.3) is 5.69 Å². The standard InChI is InChI=1S/C9H8N2O3/c1-6-7(5-10)3-8(11(12)13)4-9(6)14-2/h3-4H,1-2H3. The first-order valence-corrected chi connectivity index (χ1v) is 3.83. The number of hydrogen-bond acceptors (Lipinski definition) is 4. The lowest BCUT2D eigenvalue weighted by atomic mass is 10.1. The Hall–Kier alpha value is -2.09. The maximum atomic E-state index is 10.5. The minimum Gasteiger partial charge on any atom is -0.496 e. The second-order valence-corrected chi connectivity index (χ2v) is 2.69. The van der Waals surface area contributed by atoms with E-state index >= 15 is 0 Å². The van der Waals surface area contributed by atoms with Gasteiger partial charge in [-0.3, -0.25) is 10.1 Å². The van der Waals surface area contributed by atoms with Gasteiger partial charge in [-0.25, -0.2) is 0 Å². The molecule has 0 saturated heterocycles. The Bertz CT molecular complexity index is 421. The van der Waals surface area contributed by atoms with Gasteiger partial charge in [-0.15, -0.1) is 0 Å². The highest BCUT2D eigenvalue weighted by Gasteiger charge is 2.13. The molecule has 0 unspecified atom stereocenters. The van der Waals surface area contributed by atoms with Crippen LogP contribution in [0, 0.1) is 28.4 Å². The zero-order chi connectivity index (χ0) is 10.7. The summed E-state index contributed by atoms with van der Waals surface area (Å²) < 4.78 is 4.92. The van der Waals surface area contributed by atoms with Gasteiger partial charge in [0.15, 0.2) is 0 Å². The van der Waals surface area contributed by atoms with E-state index in [9.17, 15) is 10.1 Å². The summed E-state index contributed by atoms with van der Waals surface area (Å²) in [5, 5.41) is 19.2. The molecule has 0 fully saturated rings. The van der Waals surface area contributed by atoms with Crippen LogP contribution in [-0.2, 0) is 0 Å². The van der Waals surface area contributed by atoms with Crippen molar-refractivity contribution in [2.75, 3.05) is 7.11 Å². The molecule has 0 aromatic heterocycles. The number of nitro groups is 1. The quantitative estimate of drug-likeness (QED) is 0.528. The van der Waals surface area contributed by atoms with Crippen molar-refractivity contribution in [1.82, 2.24) is 0 Å². The molecular weight excluding hydrogens is 184 g/mol. The normalized spacial score (nSPS) is 9.21. The highest BCUT2D eigenvalue weighted by Crippen LogP contribution is 2.27. The van der Waals surface area contributed by atoms with Crippen molar-refractivity contribution in [2.45, 2.75) is 6.92 Å². The Morgan fingerprint density at radius 1 is 1.57 bits per heavy atom. The van der Waals surface area contributed by atoms with Gasteiger partial charge >= 0.3 is 0 Å². The van der Waals surface area contributed by atoms with Gasteiger partial charge in [0.2, 0.25) is 0 Å². The summed E-state index contributed by atoms with van der Waals surface area (Å²) in [6.45, 7) is 1.68. The van der Waals surface area contributed by atoms with E-state index in [1.165, 1.54) is 19.2 Å². The third-order valence-corrected chi connectivity index (χ3v) is 1.90. The molecule has 0 atom stereocenters. The number of hydrogen-bond donors (Lipinski definition) is 0. The zero-order valence-corrected chi connectivity index (χ0v) is 7.77. The molecule has 0 saturated carbocycles. The van der Waals surface area contributed by atoms with Crippen LogP contribution >= 0.6 is 0 Å². The minimum absolute atomic E-state index is 0.135. The number of methoxy groups -OCH3 is 1. The fourth-order valence-electron chi connectivity index (χ4n) is 1.11. The molecule has 0 radical (unpaired) electrons. The number of nitrogens with zero attached hydrogens (tertiary/aromatic N) is 2. The van der Waals surface area contributed by atoms with E-state index in [1.54, 1.807) is 6.92 Å². The summed E-state index contributed by atoms with van der Waals surface area (Å²) in [5.74, 6) is 0.357. The van der Waals surface area contributed by atoms with Gasteiger partial charge < -0.3 is 4.74 Å². The smallest absolute Gasteiger partial charge is 0.274 e. The van der Waals surface area contributed by atoms with Crippen molar-refractivity contribution in [3.8, 4) is 11.8 Å². The summed E-state index contributed by atoms with van der Waals surface area (Å²) in [5.41, 5.74) is 0.737. The summed E-state index contributed by atoms with van der Waals surface area (Å²) in [6.07, 6.45) is 0. The Morgan fingerprint density at radius 3 is 2.64 bits per heavy atom. The second kappa shape index (κ2) is 3.75. The van der Waals surface area contributed by atoms with Gasteiger partial charge in [0.1, 0.15) is 5.75 Å². The Morgan fingerprint density at radius 2 is 2.21 bits per heavy atom. The van der Waals surface area contributed by atoms with Crippen LogP contribution in [0.15, 0.2) is 12.1 Å². The molecule has 1 rings (SSSR count). The SMILES string of the molecule is COc1cc([N+](=O)[O-])cc(C#N)c1C. The Balaban J connectivity index is 3.41. The average Bonchev–Trinajstić information content (AvgIpc) is 2.17. The first kappa shape index (κ1) is 9.99. The van der Waals surface area contributed by atoms with E-state index in [0.717, 1.165) is 0 Å². The van der Waals surface area contributed by atoms with Crippen molar-refractivity contribution in [3.63, 3.8) is 0 Å². The minimum atomic E-state index is -0.553. The van der Waals surface area contributed by atoms with Crippen molar-refractivity contribution in [2.24, 2.45) is 0 Å². The molecule has 5 heteroatoms. The third kappa shape index (κ3) is 1.64. The number of rotatable bonds is 2. The van der Waals surface area contributed by atoms with Crippen molar-refractivity contribution in [3.05, 3.63) is 33.4 Å². The Labute approximate surface area is 80.7 Å². The molecule has 72 valence electrons. The molecule has 0 aliphatic heterocycles. The molecule has 0 bridgehead atoms. The van der Waals surface area contributed by atoms with Crippen molar-refractivity contribution in [1.29, 1.82) is 5.26 Å². The van der Waals surface area contributed by atoms with Gasteiger partial charge in [-0.1, -0.05) is 0 Å². The Kier molecular flexibility index (Phi) is 2.67. The van der Waals surface area contributed by atoms with E-state index in [2.05, 4.69) is 0 Å². The molecule has 0 aliphatic carbocycles. The highest BCUT2D eigenvalue weighted by molar-refractivity contribution is 5.53. The number of non-ortho nitro benzene ring substituents is 1. The number of ether oxygens (including phenoxy) is 1. The molecule has 5 nitrogen and oxygen atoms in total. The monoisotopic (exact) mass is 192 g/mol. The first-order chi connectivity index (χ1) is 6.60. The molecule has 0 aliphatic rings. The summed E-state index contributed by atoms with van der Waals surface area (Å²) in [7, 11) is 1.41. The fraction of sp³-hybridized carbons (Fsp3) is 0.222. The van der Waals surface area contributed by atoms with Crippen LogP contribution in [0.3, 0.4) is 0 Å². The van der Waals surface area contributed by atoms with E-state index in [4.69, 9.17) is 10.00 Å². The second-order valence-electron chi connectivity index (χ2n) is 2.69. The first-order valence-electron chi connectivity index (χ1n) is 3.83. The third-order valence-electron chi connectivity index (χ3n) is 1.90. The molecule has 14 heavy (non-hydrogen) atoms. The maximum absolute atomic E-state index is 10.5. The topological polar surface area (TPSA) is 76.2 Å². The molecule has 0 amide bonds. The zero-order valence-electron chi connectivity index (χ0n) is 7.77. The van der Waals surface area contributed by atoms with Crippen LogP contribution in [0.25, 0.3) is 0 Å². The number of nitro benzene ring substituents is 1. The van der Waals surface area contributed by atoms with Crippen LogP contribution in [0.1, 0.15) is 11.1 Å². The summed E-state index contributed by atoms with van der Waals surface area (Å²) >= 11 is 0. The lowest BCUT2D eigenvalue weighted by molar-refractivity contribution is -0.385. The molecule has 0 heterocycles. The largest absolute Gasteiger partial charge is 0.496 e. The van der Waals surface area contributed by atoms with Gasteiger partial charge in [-0.2, -0.15) is 5.26 Å². The molecule has 0 spiro atoms. The van der Waals surface area contributed by atoms with E-state index in [1.807, 2.05) is 6.07 Å². The highest BCUT2D eigenvalue weighted by atomic mass is 16.6. The summed E-state index contributed by atoms with van der Waals surface area (Å²) in [4.78, 5) is 9.94. The van der Waals surface area contributed by atoms with Crippen molar-refractivity contribution >= 4 is 5.69 Å². The van der Waals surface area contributed by atoms with E-state index < -0.39 is 4.92 Å². The molecule has 1 aromatic rings. The van der Waals surface area contributed by atoms with E-state index in [-0.39, 0.29) is 11.3 Å². The lowest BCUT2D eigenvalue weighted by Crippen LogP contribution is -1.95. The van der Waals surface area contributed by atoms with Crippen LogP contribution < -0.4 is 4.74 Å². The molecule has 0 N–H and O–H groups in total. The predicted molar refractivity (Wildman–Crippen MR) is 49.1 cm³/mol. The molecular formula is C9H8N2O3. The van der Waals surface area contributed by atoms with Crippen LogP contribution in [0.4, 0.5) is 5.69 Å². The van der Waals surface area contributed by atoms with Gasteiger partial charge in [0.05, 0.1) is 29.7 Å². The maximum Gasteiger partial charge on any atom is 0.274 e. The van der Waals surface area contributed by atoms with Gasteiger partial charge in [0, 0.05) is 11.6 Å². The van der Waals surface area contributed by atoms with Crippen LogP contribution in [0.2, 0.25) is 0 Å². The van der Waals surface area contributed by atoms with Crippen LogP contribution in [-0.4, -0.2) is 12.0 Å². The van der Waals surface area contributed by atoms with Crippen LogP contribution in [0.5, 0.6) is 5.75 Å². The van der Waals surface area contributed by atoms with Crippen molar-refractivity contribution < 1.29 is 9.66 Å². The predicted octanol–water partition coefficient (Wildman–Crippen LogP) is 1.78. The van der Waals surface area contributed by atoms with E-state index in [0.29, 0.717) is 11.3 Å². The average molecular weight is 192 g/mol. The summed E-state index contributed by atoms with van der Waals surface area (Å²) in [6, 6.07) is 4.42. The molecule has 1 aromatic carbocycles. The fourth-order valence-corrected chi connectivity index (χ4v) is 1.11.